The van der Waals surface area contributed by atoms with Crippen molar-refractivity contribution in [2.24, 2.45) is 0 Å². The topological polar surface area (TPSA) is 87.7 Å². The van der Waals surface area contributed by atoms with Crippen LogP contribution < -0.4 is 10.6 Å². The molecule has 39 heavy (non-hydrogen) atoms. The Morgan fingerprint density at radius 2 is 1.56 bits per heavy atom. The highest BCUT2D eigenvalue weighted by atomic mass is 19.1. The molecule has 0 spiro atoms. The molecular formula is C31H26FN3O4. The lowest BCUT2D eigenvalue weighted by Crippen LogP contribution is -2.43. The molecule has 1 aliphatic heterocycles. The van der Waals surface area contributed by atoms with Gasteiger partial charge in [0.25, 0.3) is 11.8 Å². The Morgan fingerprint density at radius 1 is 0.846 bits per heavy atom. The zero-order chi connectivity index (χ0) is 27.4. The van der Waals surface area contributed by atoms with Gasteiger partial charge in [0.05, 0.1) is 6.54 Å². The lowest BCUT2D eigenvalue weighted by Gasteiger charge is -2.24. The molecule has 2 atom stereocenters. The van der Waals surface area contributed by atoms with Crippen molar-refractivity contribution in [1.82, 2.24) is 4.90 Å². The SMILES string of the molecule is Cc1ccc(CN2C(=O)O[C@H](c3cccc(NC(=O)c4ccccc4)c3)[C@@H]2C(=O)Nc2ccc(F)cc2)cc1. The van der Waals surface area contributed by atoms with E-state index < -0.39 is 30.0 Å². The molecule has 4 aromatic carbocycles. The second kappa shape index (κ2) is 11.2. The van der Waals surface area contributed by atoms with Crippen LogP contribution in [-0.2, 0) is 16.1 Å². The molecule has 3 amide bonds. The van der Waals surface area contributed by atoms with Crippen molar-refractivity contribution in [1.29, 1.82) is 0 Å². The van der Waals surface area contributed by atoms with Crippen LogP contribution >= 0.6 is 0 Å². The van der Waals surface area contributed by atoms with E-state index in [9.17, 15) is 18.8 Å². The van der Waals surface area contributed by atoms with Crippen molar-refractivity contribution in [3.05, 3.63) is 131 Å². The quantitative estimate of drug-likeness (QED) is 0.307. The molecular weight excluding hydrogens is 497 g/mol. The summed E-state index contributed by atoms with van der Waals surface area (Å²) in [5.74, 6) is -1.20. The fourth-order valence-corrected chi connectivity index (χ4v) is 4.44. The van der Waals surface area contributed by atoms with E-state index in [4.69, 9.17) is 4.74 Å². The van der Waals surface area contributed by atoms with E-state index in [2.05, 4.69) is 10.6 Å². The first-order valence-electron chi connectivity index (χ1n) is 12.4. The van der Waals surface area contributed by atoms with Gasteiger partial charge in [-0.2, -0.15) is 0 Å². The lowest BCUT2D eigenvalue weighted by atomic mass is 9.99. The number of nitrogens with zero attached hydrogens (tertiary/aromatic N) is 1. The number of ether oxygens (including phenoxy) is 1. The number of hydrogen-bond donors (Lipinski definition) is 2. The number of benzene rings is 4. The van der Waals surface area contributed by atoms with E-state index >= 15 is 0 Å². The molecule has 0 radical (unpaired) electrons. The van der Waals surface area contributed by atoms with Gasteiger partial charge in [0.1, 0.15) is 5.82 Å². The maximum atomic E-state index is 13.6. The van der Waals surface area contributed by atoms with Gasteiger partial charge in [0.2, 0.25) is 0 Å². The summed E-state index contributed by atoms with van der Waals surface area (Å²) in [4.78, 5) is 40.7. The number of amides is 3. The van der Waals surface area contributed by atoms with Gasteiger partial charge in [-0.1, -0.05) is 60.2 Å². The van der Waals surface area contributed by atoms with Crippen LogP contribution in [0.1, 0.15) is 33.2 Å². The van der Waals surface area contributed by atoms with Gasteiger partial charge < -0.3 is 15.4 Å². The minimum Gasteiger partial charge on any atom is -0.438 e. The first-order valence-corrected chi connectivity index (χ1v) is 12.4. The number of carbonyl (C=O) groups excluding carboxylic acids is 3. The van der Waals surface area contributed by atoms with Crippen LogP contribution in [0, 0.1) is 12.7 Å². The van der Waals surface area contributed by atoms with E-state index in [0.717, 1.165) is 11.1 Å². The molecule has 4 aromatic rings. The van der Waals surface area contributed by atoms with Gasteiger partial charge in [-0.3, -0.25) is 14.5 Å². The summed E-state index contributed by atoms with van der Waals surface area (Å²) in [5.41, 5.74) is 3.82. The maximum absolute atomic E-state index is 13.6. The Kier molecular flexibility index (Phi) is 7.36. The van der Waals surface area contributed by atoms with Crippen LogP contribution in [0.15, 0.2) is 103 Å². The molecule has 1 saturated heterocycles. The third kappa shape index (κ3) is 5.96. The Morgan fingerprint density at radius 3 is 2.28 bits per heavy atom. The summed E-state index contributed by atoms with van der Waals surface area (Å²) in [6.07, 6.45) is -1.59. The van der Waals surface area contributed by atoms with Crippen LogP contribution in [0.3, 0.4) is 0 Å². The molecule has 8 heteroatoms. The highest BCUT2D eigenvalue weighted by molar-refractivity contribution is 6.04. The molecule has 5 rings (SSSR count). The van der Waals surface area contributed by atoms with Crippen molar-refractivity contribution >= 4 is 29.3 Å². The Labute approximate surface area is 225 Å². The van der Waals surface area contributed by atoms with E-state index in [0.29, 0.717) is 22.5 Å². The van der Waals surface area contributed by atoms with E-state index in [1.165, 1.54) is 29.2 Å². The second-order valence-corrected chi connectivity index (χ2v) is 9.30. The molecule has 2 N–H and O–H groups in total. The molecule has 196 valence electrons. The average molecular weight is 524 g/mol. The standard InChI is InChI=1S/C31H26FN3O4/c1-20-10-12-21(13-11-20)19-35-27(30(37)33-25-16-14-24(32)15-17-25)28(39-31(35)38)23-8-5-9-26(18-23)34-29(36)22-6-3-2-4-7-22/h2-18,27-28H,19H2,1H3,(H,33,37)(H,34,36)/t27-,28-/m1/s1. The summed E-state index contributed by atoms with van der Waals surface area (Å²) < 4.78 is 19.2. The van der Waals surface area contributed by atoms with E-state index in [1.54, 1.807) is 48.5 Å². The monoisotopic (exact) mass is 523 g/mol. The molecule has 1 heterocycles. The number of carbonyl (C=O) groups is 3. The van der Waals surface area contributed by atoms with Gasteiger partial charge in [0.15, 0.2) is 12.1 Å². The predicted octanol–water partition coefficient (Wildman–Crippen LogP) is 6.09. The molecule has 0 aromatic heterocycles. The van der Waals surface area contributed by atoms with Crippen molar-refractivity contribution in [3.8, 4) is 0 Å². The third-order valence-corrected chi connectivity index (χ3v) is 6.45. The first kappa shape index (κ1) is 25.7. The number of cyclic esters (lactones) is 1. The number of hydrogen-bond acceptors (Lipinski definition) is 4. The minimum atomic E-state index is -1.02. The van der Waals surface area contributed by atoms with Crippen LogP contribution in [0.25, 0.3) is 0 Å². The van der Waals surface area contributed by atoms with Crippen LogP contribution in [0.5, 0.6) is 0 Å². The first-order chi connectivity index (χ1) is 18.9. The maximum Gasteiger partial charge on any atom is 0.411 e. The summed E-state index contributed by atoms with van der Waals surface area (Å²) in [7, 11) is 0. The van der Waals surface area contributed by atoms with Crippen molar-refractivity contribution in [2.75, 3.05) is 10.6 Å². The highest BCUT2D eigenvalue weighted by Gasteiger charge is 2.47. The van der Waals surface area contributed by atoms with Gasteiger partial charge in [-0.15, -0.1) is 0 Å². The summed E-state index contributed by atoms with van der Waals surface area (Å²) in [6, 6.07) is 27.7. The fourth-order valence-electron chi connectivity index (χ4n) is 4.44. The van der Waals surface area contributed by atoms with Gasteiger partial charge in [-0.25, -0.2) is 9.18 Å². The van der Waals surface area contributed by atoms with Crippen LogP contribution in [0.2, 0.25) is 0 Å². The molecule has 0 unspecified atom stereocenters. The Bertz CT molecular complexity index is 1490. The zero-order valence-electron chi connectivity index (χ0n) is 21.1. The number of nitrogens with one attached hydrogen (secondary N) is 2. The van der Waals surface area contributed by atoms with E-state index in [-0.39, 0.29) is 12.5 Å². The molecule has 0 aliphatic carbocycles. The summed E-state index contributed by atoms with van der Waals surface area (Å²) in [5, 5.41) is 5.63. The lowest BCUT2D eigenvalue weighted by molar-refractivity contribution is -0.121. The molecule has 0 saturated carbocycles. The average Bonchev–Trinajstić information content (AvgIpc) is 3.27. The summed E-state index contributed by atoms with van der Waals surface area (Å²) in [6.45, 7) is 2.12. The fraction of sp³-hybridized carbons (Fsp3) is 0.129. The van der Waals surface area contributed by atoms with Crippen LogP contribution in [-0.4, -0.2) is 28.8 Å². The number of halogens is 1. The largest absolute Gasteiger partial charge is 0.438 e. The Hall–Kier alpha value is -4.98. The smallest absolute Gasteiger partial charge is 0.411 e. The predicted molar refractivity (Wildman–Crippen MR) is 146 cm³/mol. The van der Waals surface area contributed by atoms with Crippen molar-refractivity contribution in [3.63, 3.8) is 0 Å². The number of rotatable bonds is 7. The van der Waals surface area contributed by atoms with Crippen molar-refractivity contribution in [2.45, 2.75) is 25.6 Å². The van der Waals surface area contributed by atoms with Gasteiger partial charge in [-0.05, 0) is 66.6 Å². The normalized spacial score (nSPS) is 16.5. The minimum absolute atomic E-state index is 0.154. The number of anilines is 2. The highest BCUT2D eigenvalue weighted by Crippen LogP contribution is 2.35. The van der Waals surface area contributed by atoms with E-state index in [1.807, 2.05) is 37.3 Å². The van der Waals surface area contributed by atoms with Gasteiger partial charge in [0, 0.05) is 16.9 Å². The second-order valence-electron chi connectivity index (χ2n) is 9.30. The van der Waals surface area contributed by atoms with Gasteiger partial charge >= 0.3 is 6.09 Å². The molecule has 1 fully saturated rings. The zero-order valence-corrected chi connectivity index (χ0v) is 21.1. The third-order valence-electron chi connectivity index (χ3n) is 6.45. The molecule has 7 nitrogen and oxygen atoms in total. The van der Waals surface area contributed by atoms with Crippen LogP contribution in [0.4, 0.5) is 20.6 Å². The summed E-state index contributed by atoms with van der Waals surface area (Å²) >= 11 is 0. The molecule has 0 bridgehead atoms. The number of aryl methyl sites for hydroxylation is 1. The van der Waals surface area contributed by atoms with Crippen molar-refractivity contribution < 1.29 is 23.5 Å². The molecule has 1 aliphatic rings. The Balaban J connectivity index is 1.44.